The summed E-state index contributed by atoms with van der Waals surface area (Å²) in [5.41, 5.74) is 3.17. The highest BCUT2D eigenvalue weighted by Gasteiger charge is 2.31. The Morgan fingerprint density at radius 2 is 1.89 bits per heavy atom. The molecule has 2 aliphatic rings. The number of carbonyl (C=O) groups is 1. The van der Waals surface area contributed by atoms with Crippen LogP contribution in [-0.2, 0) is 16.1 Å². The summed E-state index contributed by atoms with van der Waals surface area (Å²) in [6.07, 6.45) is 0.364. The summed E-state index contributed by atoms with van der Waals surface area (Å²) in [7, 11) is 0. The number of aryl methyl sites for hydroxylation is 1. The molecule has 1 saturated heterocycles. The van der Waals surface area contributed by atoms with E-state index in [0.29, 0.717) is 51.6 Å². The number of carbonyl (C=O) groups excluding carboxylic acids is 1. The van der Waals surface area contributed by atoms with E-state index in [-0.39, 0.29) is 17.8 Å². The fraction of sp³-hybridized carbons (Fsp3) is 0.409. The molecule has 5 nitrogen and oxygen atoms in total. The molecule has 6 heteroatoms. The van der Waals surface area contributed by atoms with Crippen LogP contribution < -0.4 is 9.64 Å². The van der Waals surface area contributed by atoms with Crippen molar-refractivity contribution in [3.63, 3.8) is 0 Å². The molecule has 0 radical (unpaired) electrons. The van der Waals surface area contributed by atoms with E-state index in [1.54, 1.807) is 6.07 Å². The van der Waals surface area contributed by atoms with Gasteiger partial charge in [0.05, 0.1) is 31.4 Å². The van der Waals surface area contributed by atoms with Gasteiger partial charge in [0.2, 0.25) is 5.91 Å². The van der Waals surface area contributed by atoms with Crippen molar-refractivity contribution in [3.8, 4) is 5.75 Å². The molecule has 0 spiro atoms. The minimum atomic E-state index is -0.322. The second-order valence-electron chi connectivity index (χ2n) is 7.39. The average Bonchev–Trinajstić information content (AvgIpc) is 2.71. The Morgan fingerprint density at radius 3 is 2.64 bits per heavy atom. The van der Waals surface area contributed by atoms with Crippen molar-refractivity contribution in [2.45, 2.75) is 25.9 Å². The summed E-state index contributed by atoms with van der Waals surface area (Å²) in [5.74, 6) is 0.315. The van der Waals surface area contributed by atoms with Crippen molar-refractivity contribution in [2.75, 3.05) is 37.8 Å². The van der Waals surface area contributed by atoms with E-state index in [1.165, 1.54) is 17.7 Å². The van der Waals surface area contributed by atoms with E-state index < -0.39 is 0 Å². The molecule has 2 aromatic rings. The lowest BCUT2D eigenvalue weighted by molar-refractivity contribution is -0.135. The molecule has 4 rings (SSSR count). The van der Waals surface area contributed by atoms with Crippen LogP contribution in [0, 0.1) is 12.7 Å². The first kappa shape index (κ1) is 18.7. The van der Waals surface area contributed by atoms with Crippen LogP contribution in [0.4, 0.5) is 10.1 Å². The molecule has 1 atom stereocenters. The fourth-order valence-corrected chi connectivity index (χ4v) is 3.73. The van der Waals surface area contributed by atoms with Gasteiger partial charge < -0.3 is 19.3 Å². The van der Waals surface area contributed by atoms with Crippen molar-refractivity contribution < 1.29 is 18.7 Å². The predicted octanol–water partition coefficient (Wildman–Crippen LogP) is 3.15. The van der Waals surface area contributed by atoms with E-state index >= 15 is 0 Å². The molecule has 1 unspecified atom stereocenters. The number of halogens is 1. The Bertz CT molecular complexity index is 834. The molecule has 2 heterocycles. The molecule has 1 fully saturated rings. The minimum Gasteiger partial charge on any atom is -0.489 e. The summed E-state index contributed by atoms with van der Waals surface area (Å²) in [6, 6.07) is 12.8. The zero-order valence-corrected chi connectivity index (χ0v) is 16.1. The van der Waals surface area contributed by atoms with Crippen LogP contribution in [0.3, 0.4) is 0 Å². The third-order valence-electron chi connectivity index (χ3n) is 5.35. The molecule has 2 aliphatic heterocycles. The number of morpholine rings is 1. The van der Waals surface area contributed by atoms with Crippen LogP contribution in [-0.4, -0.2) is 49.8 Å². The van der Waals surface area contributed by atoms with Crippen molar-refractivity contribution in [1.82, 2.24) is 4.90 Å². The van der Waals surface area contributed by atoms with Crippen LogP contribution in [0.1, 0.15) is 17.5 Å². The standard InChI is InChI=1S/C22H25FN2O3/c1-16-2-4-17(5-3-16)14-25-19(13-22(26)24-8-10-27-11-9-24)15-28-21-12-18(23)6-7-20(21)25/h2-7,12,19H,8-11,13-15H2,1H3. The molecule has 0 saturated carbocycles. The van der Waals surface area contributed by atoms with Gasteiger partial charge in [0.25, 0.3) is 0 Å². The van der Waals surface area contributed by atoms with Gasteiger partial charge in [0.15, 0.2) is 0 Å². The van der Waals surface area contributed by atoms with Crippen LogP contribution in [0.5, 0.6) is 5.75 Å². The second kappa shape index (κ2) is 8.19. The molecule has 1 amide bonds. The van der Waals surface area contributed by atoms with Gasteiger partial charge in [-0.25, -0.2) is 4.39 Å². The maximum Gasteiger partial charge on any atom is 0.224 e. The monoisotopic (exact) mass is 384 g/mol. The molecule has 0 N–H and O–H groups in total. The summed E-state index contributed by atoms with van der Waals surface area (Å²) < 4.78 is 24.8. The Labute approximate surface area is 164 Å². The number of rotatable bonds is 4. The Kier molecular flexibility index (Phi) is 5.48. The van der Waals surface area contributed by atoms with Gasteiger partial charge in [-0.3, -0.25) is 4.79 Å². The number of ether oxygens (including phenoxy) is 2. The van der Waals surface area contributed by atoms with E-state index in [1.807, 2.05) is 4.90 Å². The van der Waals surface area contributed by atoms with Crippen LogP contribution in [0.15, 0.2) is 42.5 Å². The molecule has 148 valence electrons. The Hall–Kier alpha value is -2.60. The first-order chi connectivity index (χ1) is 13.6. The lowest BCUT2D eigenvalue weighted by Crippen LogP contribution is -2.48. The van der Waals surface area contributed by atoms with Gasteiger partial charge in [0, 0.05) is 25.7 Å². The molecule has 0 aliphatic carbocycles. The fourth-order valence-electron chi connectivity index (χ4n) is 3.73. The molecule has 2 aromatic carbocycles. The van der Waals surface area contributed by atoms with Gasteiger partial charge in [-0.1, -0.05) is 29.8 Å². The van der Waals surface area contributed by atoms with E-state index in [9.17, 15) is 9.18 Å². The number of hydrogen-bond acceptors (Lipinski definition) is 4. The first-order valence-electron chi connectivity index (χ1n) is 9.70. The molecule has 0 bridgehead atoms. The maximum atomic E-state index is 13.7. The quantitative estimate of drug-likeness (QED) is 0.812. The number of hydrogen-bond donors (Lipinski definition) is 0. The van der Waals surface area contributed by atoms with Crippen molar-refractivity contribution in [1.29, 1.82) is 0 Å². The topological polar surface area (TPSA) is 42.0 Å². The lowest BCUT2D eigenvalue weighted by atomic mass is 10.0. The number of anilines is 1. The summed E-state index contributed by atoms with van der Waals surface area (Å²) in [5, 5.41) is 0. The van der Waals surface area contributed by atoms with Gasteiger partial charge >= 0.3 is 0 Å². The summed E-state index contributed by atoms with van der Waals surface area (Å²) in [4.78, 5) is 16.8. The Balaban J connectivity index is 1.57. The van der Waals surface area contributed by atoms with E-state index in [4.69, 9.17) is 9.47 Å². The highest BCUT2D eigenvalue weighted by Crippen LogP contribution is 2.36. The van der Waals surface area contributed by atoms with E-state index in [2.05, 4.69) is 36.1 Å². The molecular formula is C22H25FN2O3. The number of nitrogens with zero attached hydrogens (tertiary/aromatic N) is 2. The lowest BCUT2D eigenvalue weighted by Gasteiger charge is -2.39. The SMILES string of the molecule is Cc1ccc(CN2c3ccc(F)cc3OCC2CC(=O)N2CCOCC2)cc1. The highest BCUT2D eigenvalue weighted by molar-refractivity contribution is 5.78. The molecular weight excluding hydrogens is 359 g/mol. The van der Waals surface area contributed by atoms with Gasteiger partial charge in [0.1, 0.15) is 18.2 Å². The zero-order chi connectivity index (χ0) is 19.5. The van der Waals surface area contributed by atoms with Crippen LogP contribution in [0.2, 0.25) is 0 Å². The van der Waals surface area contributed by atoms with Crippen molar-refractivity contribution in [3.05, 3.63) is 59.4 Å². The first-order valence-corrected chi connectivity index (χ1v) is 9.70. The molecule has 28 heavy (non-hydrogen) atoms. The van der Waals surface area contributed by atoms with Crippen LogP contribution in [0.25, 0.3) is 0 Å². The predicted molar refractivity (Wildman–Crippen MR) is 105 cm³/mol. The third-order valence-corrected chi connectivity index (χ3v) is 5.35. The zero-order valence-electron chi connectivity index (χ0n) is 16.1. The largest absolute Gasteiger partial charge is 0.489 e. The van der Waals surface area contributed by atoms with Gasteiger partial charge in [-0.15, -0.1) is 0 Å². The maximum absolute atomic E-state index is 13.7. The number of fused-ring (bicyclic) bond motifs is 1. The Morgan fingerprint density at radius 1 is 1.14 bits per heavy atom. The number of amides is 1. The smallest absolute Gasteiger partial charge is 0.224 e. The molecule has 0 aromatic heterocycles. The normalized spacial score (nSPS) is 19.1. The van der Waals surface area contributed by atoms with Crippen molar-refractivity contribution >= 4 is 11.6 Å². The number of benzene rings is 2. The van der Waals surface area contributed by atoms with Gasteiger partial charge in [-0.2, -0.15) is 0 Å². The third kappa shape index (κ3) is 4.12. The van der Waals surface area contributed by atoms with Crippen LogP contribution >= 0.6 is 0 Å². The van der Waals surface area contributed by atoms with Crippen molar-refractivity contribution in [2.24, 2.45) is 0 Å². The average molecular weight is 384 g/mol. The van der Waals surface area contributed by atoms with E-state index in [0.717, 1.165) is 11.3 Å². The second-order valence-corrected chi connectivity index (χ2v) is 7.39. The summed E-state index contributed by atoms with van der Waals surface area (Å²) >= 11 is 0. The minimum absolute atomic E-state index is 0.102. The summed E-state index contributed by atoms with van der Waals surface area (Å²) in [6.45, 7) is 5.49. The highest BCUT2D eigenvalue weighted by atomic mass is 19.1. The van der Waals surface area contributed by atoms with Gasteiger partial charge in [-0.05, 0) is 24.6 Å².